The van der Waals surface area contributed by atoms with E-state index in [-0.39, 0.29) is 24.0 Å². The molecule has 27 heavy (non-hydrogen) atoms. The van der Waals surface area contributed by atoms with Gasteiger partial charge in [0.05, 0.1) is 6.61 Å². The third kappa shape index (κ3) is 9.62. The molecule has 0 radical (unpaired) electrons. The molecular formula is C20H35IN4O2. The molecule has 0 amide bonds. The molecule has 2 rings (SSSR count). The lowest BCUT2D eigenvalue weighted by Gasteiger charge is -2.28. The highest BCUT2D eigenvalue weighted by Crippen LogP contribution is 2.18. The zero-order valence-electron chi connectivity index (χ0n) is 16.9. The van der Waals surface area contributed by atoms with Crippen LogP contribution in [0.1, 0.15) is 26.2 Å². The lowest BCUT2D eigenvalue weighted by Crippen LogP contribution is -2.35. The van der Waals surface area contributed by atoms with Gasteiger partial charge < -0.3 is 25.0 Å². The van der Waals surface area contributed by atoms with E-state index in [9.17, 15) is 0 Å². The first-order chi connectivity index (χ1) is 12.7. The summed E-state index contributed by atoms with van der Waals surface area (Å²) in [6, 6.07) is 8.00. The molecule has 1 heterocycles. The number of rotatable bonds is 9. The Morgan fingerprint density at radius 2 is 2.19 bits per heavy atom. The van der Waals surface area contributed by atoms with Crippen LogP contribution in [0.5, 0.6) is 5.75 Å². The lowest BCUT2D eigenvalue weighted by molar-refractivity contribution is 0.172. The third-order valence-corrected chi connectivity index (χ3v) is 4.43. The molecule has 1 fully saturated rings. The third-order valence-electron chi connectivity index (χ3n) is 4.43. The highest BCUT2D eigenvalue weighted by molar-refractivity contribution is 14.0. The number of nitrogens with one attached hydrogen (secondary N) is 2. The van der Waals surface area contributed by atoms with Crippen molar-refractivity contribution >= 4 is 35.6 Å². The second-order valence-electron chi connectivity index (χ2n) is 6.84. The Bertz CT molecular complexity index is 557. The van der Waals surface area contributed by atoms with E-state index in [0.717, 1.165) is 43.5 Å². The molecule has 154 valence electrons. The smallest absolute Gasteiger partial charge is 0.195 e. The van der Waals surface area contributed by atoms with Crippen molar-refractivity contribution in [1.29, 1.82) is 0 Å². The SMILES string of the molecule is CCNC(=NCC1CCCN(C)C1)Nc1cccc(OCCCOC)c1.I. The zero-order chi connectivity index (χ0) is 18.6. The second-order valence-corrected chi connectivity index (χ2v) is 6.84. The van der Waals surface area contributed by atoms with E-state index in [4.69, 9.17) is 14.5 Å². The van der Waals surface area contributed by atoms with Crippen molar-refractivity contribution in [3.8, 4) is 5.75 Å². The van der Waals surface area contributed by atoms with Gasteiger partial charge in [-0.1, -0.05) is 6.07 Å². The monoisotopic (exact) mass is 490 g/mol. The molecule has 1 aromatic carbocycles. The zero-order valence-corrected chi connectivity index (χ0v) is 19.2. The van der Waals surface area contributed by atoms with Crippen LogP contribution in [-0.2, 0) is 4.74 Å². The van der Waals surface area contributed by atoms with Crippen molar-refractivity contribution in [2.45, 2.75) is 26.2 Å². The Balaban J connectivity index is 0.00000364. The summed E-state index contributed by atoms with van der Waals surface area (Å²) in [4.78, 5) is 7.19. The van der Waals surface area contributed by atoms with E-state index in [1.807, 2.05) is 24.3 Å². The van der Waals surface area contributed by atoms with Crippen LogP contribution in [0.3, 0.4) is 0 Å². The average molecular weight is 490 g/mol. The molecule has 1 atom stereocenters. The number of likely N-dealkylation sites (tertiary alicyclic amines) is 1. The van der Waals surface area contributed by atoms with E-state index < -0.39 is 0 Å². The van der Waals surface area contributed by atoms with Crippen LogP contribution in [-0.4, -0.2) is 64.4 Å². The van der Waals surface area contributed by atoms with Crippen molar-refractivity contribution in [3.63, 3.8) is 0 Å². The van der Waals surface area contributed by atoms with E-state index >= 15 is 0 Å². The number of anilines is 1. The highest BCUT2D eigenvalue weighted by Gasteiger charge is 2.16. The maximum absolute atomic E-state index is 5.77. The topological polar surface area (TPSA) is 58.1 Å². The minimum absolute atomic E-state index is 0. The number of benzene rings is 1. The molecule has 0 saturated carbocycles. The normalized spacial score (nSPS) is 17.9. The minimum Gasteiger partial charge on any atom is -0.493 e. The predicted octanol–water partition coefficient (Wildman–Crippen LogP) is 3.44. The molecule has 0 spiro atoms. The van der Waals surface area contributed by atoms with Crippen molar-refractivity contribution in [3.05, 3.63) is 24.3 Å². The van der Waals surface area contributed by atoms with Gasteiger partial charge in [0.2, 0.25) is 0 Å². The van der Waals surface area contributed by atoms with Gasteiger partial charge in [-0.05, 0) is 51.4 Å². The fourth-order valence-corrected chi connectivity index (χ4v) is 3.14. The summed E-state index contributed by atoms with van der Waals surface area (Å²) in [5, 5.41) is 6.72. The van der Waals surface area contributed by atoms with Gasteiger partial charge in [0.15, 0.2) is 5.96 Å². The van der Waals surface area contributed by atoms with Gasteiger partial charge in [0, 0.05) is 51.5 Å². The molecule has 0 aromatic heterocycles. The molecule has 1 saturated heterocycles. The van der Waals surface area contributed by atoms with Crippen molar-refractivity contribution in [1.82, 2.24) is 10.2 Å². The van der Waals surface area contributed by atoms with Crippen LogP contribution in [0.4, 0.5) is 5.69 Å². The number of aliphatic imine (C=N–C) groups is 1. The molecular weight excluding hydrogens is 455 g/mol. The van der Waals surface area contributed by atoms with Gasteiger partial charge >= 0.3 is 0 Å². The molecule has 1 aliphatic heterocycles. The van der Waals surface area contributed by atoms with E-state index in [2.05, 4.69) is 29.5 Å². The Morgan fingerprint density at radius 1 is 1.33 bits per heavy atom. The average Bonchev–Trinajstić information content (AvgIpc) is 2.64. The van der Waals surface area contributed by atoms with Crippen molar-refractivity contribution < 1.29 is 9.47 Å². The quantitative estimate of drug-likeness (QED) is 0.241. The molecule has 0 bridgehead atoms. The lowest BCUT2D eigenvalue weighted by atomic mass is 9.99. The summed E-state index contributed by atoms with van der Waals surface area (Å²) in [5.41, 5.74) is 0.981. The van der Waals surface area contributed by atoms with Crippen LogP contribution < -0.4 is 15.4 Å². The summed E-state index contributed by atoms with van der Waals surface area (Å²) in [5.74, 6) is 2.33. The Labute approximate surface area is 181 Å². The summed E-state index contributed by atoms with van der Waals surface area (Å²) in [6.45, 7) is 7.48. The maximum atomic E-state index is 5.77. The van der Waals surface area contributed by atoms with Gasteiger partial charge in [0.25, 0.3) is 0 Å². The van der Waals surface area contributed by atoms with E-state index in [1.54, 1.807) is 7.11 Å². The molecule has 2 N–H and O–H groups in total. The molecule has 6 nitrogen and oxygen atoms in total. The van der Waals surface area contributed by atoms with Crippen LogP contribution in [0.15, 0.2) is 29.3 Å². The molecule has 1 unspecified atom stereocenters. The van der Waals surface area contributed by atoms with Gasteiger partial charge in [0.1, 0.15) is 5.75 Å². The molecule has 0 aliphatic carbocycles. The summed E-state index contributed by atoms with van der Waals surface area (Å²) < 4.78 is 10.8. The van der Waals surface area contributed by atoms with Gasteiger partial charge in [-0.15, -0.1) is 24.0 Å². The van der Waals surface area contributed by atoms with Gasteiger partial charge in [-0.3, -0.25) is 4.99 Å². The first-order valence-corrected chi connectivity index (χ1v) is 9.67. The Hall–Kier alpha value is -1.06. The van der Waals surface area contributed by atoms with E-state index in [0.29, 0.717) is 19.1 Å². The van der Waals surface area contributed by atoms with Gasteiger partial charge in [-0.2, -0.15) is 0 Å². The number of guanidine groups is 1. The fraction of sp³-hybridized carbons (Fsp3) is 0.650. The summed E-state index contributed by atoms with van der Waals surface area (Å²) in [7, 11) is 3.90. The maximum Gasteiger partial charge on any atom is 0.195 e. The highest BCUT2D eigenvalue weighted by atomic mass is 127. The first-order valence-electron chi connectivity index (χ1n) is 9.67. The number of ether oxygens (including phenoxy) is 2. The first kappa shape index (κ1) is 24.0. The number of piperidine rings is 1. The second kappa shape index (κ2) is 14.0. The van der Waals surface area contributed by atoms with Crippen molar-refractivity contribution in [2.75, 3.05) is 58.9 Å². The number of hydrogen-bond acceptors (Lipinski definition) is 4. The number of methoxy groups -OCH3 is 1. The van der Waals surface area contributed by atoms with Crippen LogP contribution in [0, 0.1) is 5.92 Å². The van der Waals surface area contributed by atoms with Crippen molar-refractivity contribution in [2.24, 2.45) is 10.9 Å². The minimum atomic E-state index is 0. The van der Waals surface area contributed by atoms with Crippen LogP contribution >= 0.6 is 24.0 Å². The fourth-order valence-electron chi connectivity index (χ4n) is 3.14. The summed E-state index contributed by atoms with van der Waals surface area (Å²) in [6.07, 6.45) is 3.41. The predicted molar refractivity (Wildman–Crippen MR) is 124 cm³/mol. The van der Waals surface area contributed by atoms with Gasteiger partial charge in [-0.25, -0.2) is 0 Å². The molecule has 1 aliphatic rings. The standard InChI is InChI=1S/C20H34N4O2.HI/c1-4-21-20(22-15-17-8-6-11-24(2)16-17)23-18-9-5-10-19(14-18)26-13-7-12-25-3;/h5,9-10,14,17H,4,6-8,11-13,15-16H2,1-3H3,(H2,21,22,23);1H. The van der Waals surface area contributed by atoms with Crippen LogP contribution in [0.2, 0.25) is 0 Å². The number of hydrogen-bond donors (Lipinski definition) is 2. The molecule has 7 heteroatoms. The summed E-state index contributed by atoms with van der Waals surface area (Å²) >= 11 is 0. The Kier molecular flexibility index (Phi) is 12.4. The number of halogens is 1. The Morgan fingerprint density at radius 3 is 2.93 bits per heavy atom. The van der Waals surface area contributed by atoms with E-state index in [1.165, 1.54) is 19.4 Å². The molecule has 1 aromatic rings. The number of nitrogens with zero attached hydrogens (tertiary/aromatic N) is 2. The van der Waals surface area contributed by atoms with Crippen LogP contribution in [0.25, 0.3) is 0 Å². The largest absolute Gasteiger partial charge is 0.493 e.